The molecule has 0 aromatic heterocycles. The normalized spacial score (nSPS) is 14.3. The summed E-state index contributed by atoms with van der Waals surface area (Å²) >= 11 is 0. The van der Waals surface area contributed by atoms with Crippen molar-refractivity contribution in [3.63, 3.8) is 0 Å². The monoisotopic (exact) mass is 218 g/mol. The minimum absolute atomic E-state index is 0.127. The molecule has 16 heavy (non-hydrogen) atoms. The molecule has 0 N–H and O–H groups in total. The first-order valence-electron chi connectivity index (χ1n) is 5.97. The third-order valence-electron chi connectivity index (χ3n) is 3.26. The molecule has 2 heteroatoms. The van der Waals surface area contributed by atoms with Gasteiger partial charge in [0.2, 0.25) is 0 Å². The maximum atomic E-state index is 11.1. The van der Waals surface area contributed by atoms with Gasteiger partial charge in [0, 0.05) is 6.42 Å². The van der Waals surface area contributed by atoms with E-state index in [1.165, 1.54) is 49.5 Å². The smallest absolute Gasteiger partial charge is 0.305 e. The summed E-state index contributed by atoms with van der Waals surface area (Å²) in [4.78, 5) is 11.1. The molecule has 0 heterocycles. The number of carbonyl (C=O) groups is 1. The van der Waals surface area contributed by atoms with Crippen LogP contribution in [0.2, 0.25) is 0 Å². The Morgan fingerprint density at radius 3 is 2.75 bits per heavy atom. The molecule has 0 atom stereocenters. The fourth-order valence-electron chi connectivity index (χ4n) is 2.29. The number of fused-ring (bicyclic) bond motifs is 1. The Bertz CT molecular complexity index is 382. The number of aryl methyl sites for hydroxylation is 3. The van der Waals surface area contributed by atoms with E-state index in [4.69, 9.17) is 0 Å². The Hall–Kier alpha value is -1.31. The molecule has 0 aliphatic heterocycles. The molecule has 2 rings (SSSR count). The number of hydrogen-bond acceptors (Lipinski definition) is 2. The molecular formula is C14H18O2. The van der Waals surface area contributed by atoms with Crippen molar-refractivity contribution >= 4 is 5.97 Å². The standard InChI is InChI=1S/C14H18O2/c1-16-14(15)9-7-11-6-8-12-4-2-3-5-13(12)10-11/h6,8,10H,2-5,7,9H2,1H3. The summed E-state index contributed by atoms with van der Waals surface area (Å²) < 4.78 is 4.65. The molecule has 0 fully saturated rings. The summed E-state index contributed by atoms with van der Waals surface area (Å²) in [6.45, 7) is 0. The summed E-state index contributed by atoms with van der Waals surface area (Å²) in [6.07, 6.45) is 6.30. The van der Waals surface area contributed by atoms with Gasteiger partial charge in [0.25, 0.3) is 0 Å². The van der Waals surface area contributed by atoms with E-state index in [0.29, 0.717) is 6.42 Å². The van der Waals surface area contributed by atoms with E-state index >= 15 is 0 Å². The molecule has 0 bridgehead atoms. The van der Waals surface area contributed by atoms with Gasteiger partial charge in [-0.1, -0.05) is 18.2 Å². The minimum atomic E-state index is -0.127. The molecule has 1 aromatic carbocycles. The zero-order chi connectivity index (χ0) is 11.4. The number of ether oxygens (including phenoxy) is 1. The molecular weight excluding hydrogens is 200 g/mol. The van der Waals surface area contributed by atoms with Crippen molar-refractivity contribution < 1.29 is 9.53 Å². The molecule has 86 valence electrons. The van der Waals surface area contributed by atoms with Crippen LogP contribution in [0.25, 0.3) is 0 Å². The van der Waals surface area contributed by atoms with E-state index in [-0.39, 0.29) is 5.97 Å². The van der Waals surface area contributed by atoms with Crippen molar-refractivity contribution in [2.24, 2.45) is 0 Å². The third kappa shape index (κ3) is 2.63. The van der Waals surface area contributed by atoms with Gasteiger partial charge < -0.3 is 4.74 Å². The van der Waals surface area contributed by atoms with Gasteiger partial charge in [-0.25, -0.2) is 0 Å². The van der Waals surface area contributed by atoms with Crippen LogP contribution in [0.4, 0.5) is 0 Å². The van der Waals surface area contributed by atoms with E-state index < -0.39 is 0 Å². The van der Waals surface area contributed by atoms with Gasteiger partial charge in [-0.15, -0.1) is 0 Å². The van der Waals surface area contributed by atoms with Gasteiger partial charge in [0.1, 0.15) is 0 Å². The van der Waals surface area contributed by atoms with E-state index in [2.05, 4.69) is 22.9 Å². The van der Waals surface area contributed by atoms with Crippen LogP contribution in [0, 0.1) is 0 Å². The summed E-state index contributed by atoms with van der Waals surface area (Å²) in [5.41, 5.74) is 4.23. The predicted molar refractivity (Wildman–Crippen MR) is 63.4 cm³/mol. The largest absolute Gasteiger partial charge is 0.469 e. The van der Waals surface area contributed by atoms with Crippen LogP contribution in [0.5, 0.6) is 0 Å². The highest BCUT2D eigenvalue weighted by Gasteiger charge is 2.10. The summed E-state index contributed by atoms with van der Waals surface area (Å²) in [5, 5.41) is 0. The van der Waals surface area contributed by atoms with Gasteiger partial charge in [-0.3, -0.25) is 4.79 Å². The van der Waals surface area contributed by atoms with Crippen LogP contribution in [0.1, 0.15) is 36.0 Å². The van der Waals surface area contributed by atoms with Crippen LogP contribution >= 0.6 is 0 Å². The molecule has 0 unspecified atom stereocenters. The van der Waals surface area contributed by atoms with Crippen molar-refractivity contribution in [3.8, 4) is 0 Å². The van der Waals surface area contributed by atoms with Crippen molar-refractivity contribution in [2.75, 3.05) is 7.11 Å². The number of rotatable bonds is 3. The lowest BCUT2D eigenvalue weighted by Gasteiger charge is -2.16. The van der Waals surface area contributed by atoms with Gasteiger partial charge in [0.15, 0.2) is 0 Å². The van der Waals surface area contributed by atoms with E-state index in [0.717, 1.165) is 6.42 Å². The highest BCUT2D eigenvalue weighted by Crippen LogP contribution is 2.22. The molecule has 2 nitrogen and oxygen atoms in total. The van der Waals surface area contributed by atoms with Crippen molar-refractivity contribution in [3.05, 3.63) is 34.9 Å². The molecule has 0 spiro atoms. The van der Waals surface area contributed by atoms with Crippen LogP contribution < -0.4 is 0 Å². The van der Waals surface area contributed by atoms with Crippen molar-refractivity contribution in [1.29, 1.82) is 0 Å². The molecule has 1 aromatic rings. The van der Waals surface area contributed by atoms with E-state index in [1.54, 1.807) is 0 Å². The summed E-state index contributed by atoms with van der Waals surface area (Å²) in [5.74, 6) is -0.127. The van der Waals surface area contributed by atoms with Gasteiger partial charge in [0.05, 0.1) is 7.11 Å². The number of benzene rings is 1. The van der Waals surface area contributed by atoms with E-state index in [9.17, 15) is 4.79 Å². The summed E-state index contributed by atoms with van der Waals surface area (Å²) in [6, 6.07) is 6.63. The Balaban J connectivity index is 2.03. The van der Waals surface area contributed by atoms with Gasteiger partial charge in [-0.2, -0.15) is 0 Å². The van der Waals surface area contributed by atoms with Crippen molar-refractivity contribution in [1.82, 2.24) is 0 Å². The maximum Gasteiger partial charge on any atom is 0.305 e. The fourth-order valence-corrected chi connectivity index (χ4v) is 2.29. The zero-order valence-corrected chi connectivity index (χ0v) is 9.79. The van der Waals surface area contributed by atoms with Crippen molar-refractivity contribution in [2.45, 2.75) is 38.5 Å². The molecule has 0 saturated heterocycles. The lowest BCUT2D eigenvalue weighted by molar-refractivity contribution is -0.140. The van der Waals surface area contributed by atoms with Crippen LogP contribution in [-0.2, 0) is 28.8 Å². The first-order chi connectivity index (χ1) is 7.79. The molecule has 1 aliphatic carbocycles. The Morgan fingerprint density at radius 2 is 2.00 bits per heavy atom. The topological polar surface area (TPSA) is 26.3 Å². The van der Waals surface area contributed by atoms with Crippen LogP contribution in [0.3, 0.4) is 0 Å². The zero-order valence-electron chi connectivity index (χ0n) is 9.79. The molecule has 0 radical (unpaired) electrons. The maximum absolute atomic E-state index is 11.1. The second-order valence-corrected chi connectivity index (χ2v) is 4.39. The van der Waals surface area contributed by atoms with Gasteiger partial charge in [-0.05, 0) is 48.8 Å². The number of carbonyl (C=O) groups excluding carboxylic acids is 1. The number of hydrogen-bond donors (Lipinski definition) is 0. The highest BCUT2D eigenvalue weighted by atomic mass is 16.5. The number of methoxy groups -OCH3 is 1. The second-order valence-electron chi connectivity index (χ2n) is 4.39. The van der Waals surface area contributed by atoms with E-state index in [1.807, 2.05) is 0 Å². The molecule has 0 amide bonds. The van der Waals surface area contributed by atoms with Crippen LogP contribution in [0.15, 0.2) is 18.2 Å². The average molecular weight is 218 g/mol. The average Bonchev–Trinajstić information content (AvgIpc) is 2.35. The fraction of sp³-hybridized carbons (Fsp3) is 0.500. The van der Waals surface area contributed by atoms with Gasteiger partial charge >= 0.3 is 5.97 Å². The Kier molecular flexibility index (Phi) is 3.60. The predicted octanol–water partition coefficient (Wildman–Crippen LogP) is 2.67. The molecule has 0 saturated carbocycles. The van der Waals surface area contributed by atoms with Crippen LogP contribution in [-0.4, -0.2) is 13.1 Å². The first-order valence-corrected chi connectivity index (χ1v) is 5.97. The highest BCUT2D eigenvalue weighted by molar-refractivity contribution is 5.69. The quantitative estimate of drug-likeness (QED) is 0.729. The second kappa shape index (κ2) is 5.15. The number of esters is 1. The third-order valence-corrected chi connectivity index (χ3v) is 3.26. The lowest BCUT2D eigenvalue weighted by Crippen LogP contribution is -2.05. The SMILES string of the molecule is COC(=O)CCc1ccc2c(c1)CCCC2. The Morgan fingerprint density at radius 1 is 1.25 bits per heavy atom. The molecule has 1 aliphatic rings. The minimum Gasteiger partial charge on any atom is -0.469 e. The Labute approximate surface area is 96.6 Å². The first kappa shape index (κ1) is 11.2. The lowest BCUT2D eigenvalue weighted by atomic mass is 9.90. The summed E-state index contributed by atoms with van der Waals surface area (Å²) in [7, 11) is 1.44.